The number of carbonyl (C=O) groups excluding carboxylic acids is 1. The van der Waals surface area contributed by atoms with E-state index in [9.17, 15) is 13.2 Å². The van der Waals surface area contributed by atoms with Crippen LogP contribution in [0.25, 0.3) is 0 Å². The first-order valence-electron chi connectivity index (χ1n) is 10.7. The summed E-state index contributed by atoms with van der Waals surface area (Å²) in [6, 6.07) is 20.1. The second kappa shape index (κ2) is 10.9. The maximum atomic E-state index is 12.7. The Morgan fingerprint density at radius 3 is 2.18 bits per heavy atom. The molecule has 0 heterocycles. The number of nitrogens with one attached hydrogen (secondary N) is 2. The van der Waals surface area contributed by atoms with Gasteiger partial charge in [0.05, 0.1) is 11.5 Å². The summed E-state index contributed by atoms with van der Waals surface area (Å²) < 4.78 is 39.1. The van der Waals surface area contributed by atoms with Crippen molar-refractivity contribution < 1.29 is 22.7 Å². The van der Waals surface area contributed by atoms with Gasteiger partial charge in [0.2, 0.25) is 0 Å². The van der Waals surface area contributed by atoms with Gasteiger partial charge in [-0.25, -0.2) is 8.42 Å². The number of ether oxygens (including phenoxy) is 2. The summed E-state index contributed by atoms with van der Waals surface area (Å²) in [7, 11) is -3.78. The van der Waals surface area contributed by atoms with Crippen LogP contribution in [0.5, 0.6) is 11.5 Å². The van der Waals surface area contributed by atoms with E-state index in [2.05, 4.69) is 10.0 Å². The van der Waals surface area contributed by atoms with Crippen molar-refractivity contribution in [2.75, 3.05) is 16.6 Å². The molecule has 0 radical (unpaired) electrons. The summed E-state index contributed by atoms with van der Waals surface area (Å²) in [5.41, 5.74) is 1.94. The number of amides is 1. The van der Waals surface area contributed by atoms with E-state index in [0.29, 0.717) is 35.9 Å². The molecule has 0 unspecified atom stereocenters. The number of hydrogen-bond donors (Lipinski definition) is 2. The van der Waals surface area contributed by atoms with Crippen LogP contribution in [0.15, 0.2) is 77.7 Å². The van der Waals surface area contributed by atoms with E-state index in [4.69, 9.17) is 9.47 Å². The largest absolute Gasteiger partial charge is 0.494 e. The zero-order valence-electron chi connectivity index (χ0n) is 18.9. The predicted octanol–water partition coefficient (Wildman–Crippen LogP) is 4.99. The third kappa shape index (κ3) is 6.73. The number of sulfonamides is 1. The highest BCUT2D eigenvalue weighted by molar-refractivity contribution is 7.92. The van der Waals surface area contributed by atoms with Crippen LogP contribution < -0.4 is 19.5 Å². The number of hydrogen-bond acceptors (Lipinski definition) is 5. The fraction of sp³-hybridized carbons (Fsp3) is 0.240. The van der Waals surface area contributed by atoms with Gasteiger partial charge < -0.3 is 14.8 Å². The Labute approximate surface area is 194 Å². The average molecular weight is 469 g/mol. The lowest BCUT2D eigenvalue weighted by Gasteiger charge is -2.18. The first-order valence-corrected chi connectivity index (χ1v) is 12.2. The summed E-state index contributed by atoms with van der Waals surface area (Å²) in [5.74, 6) is 0.984. The van der Waals surface area contributed by atoms with Crippen LogP contribution in [0.4, 0.5) is 11.4 Å². The number of rotatable bonds is 10. The highest BCUT2D eigenvalue weighted by atomic mass is 32.2. The van der Waals surface area contributed by atoms with E-state index in [-0.39, 0.29) is 10.8 Å². The highest BCUT2D eigenvalue weighted by Gasteiger charge is 2.19. The number of benzene rings is 3. The van der Waals surface area contributed by atoms with E-state index in [0.717, 1.165) is 5.56 Å². The molecule has 174 valence electrons. The Morgan fingerprint density at radius 1 is 0.909 bits per heavy atom. The van der Waals surface area contributed by atoms with E-state index in [1.807, 2.05) is 39.0 Å². The zero-order chi connectivity index (χ0) is 23.8. The van der Waals surface area contributed by atoms with Crippen molar-refractivity contribution in [2.45, 2.75) is 38.2 Å². The standard InChI is InChI=1S/C25H28N2O5S/c1-4-24(32-22-8-6-7-18(3)17-22)25(28)26-19-11-15-23(16-12-19)33(29,30)27-20-9-13-21(14-10-20)31-5-2/h6-17,24,27H,4-5H2,1-3H3,(H,26,28)/t24-/m1/s1. The van der Waals surface area contributed by atoms with Crippen LogP contribution >= 0.6 is 0 Å². The summed E-state index contributed by atoms with van der Waals surface area (Å²) in [6.45, 7) is 6.23. The van der Waals surface area contributed by atoms with Gasteiger partial charge >= 0.3 is 0 Å². The maximum absolute atomic E-state index is 12.7. The van der Waals surface area contributed by atoms with Crippen LogP contribution in [0.3, 0.4) is 0 Å². The third-order valence-electron chi connectivity index (χ3n) is 4.78. The second-order valence-electron chi connectivity index (χ2n) is 7.41. The molecule has 8 heteroatoms. The van der Waals surface area contributed by atoms with Crippen LogP contribution in [-0.4, -0.2) is 27.0 Å². The van der Waals surface area contributed by atoms with Crippen LogP contribution in [0.1, 0.15) is 25.8 Å². The molecule has 0 saturated carbocycles. The molecule has 2 N–H and O–H groups in total. The van der Waals surface area contributed by atoms with Crippen LogP contribution in [0.2, 0.25) is 0 Å². The third-order valence-corrected chi connectivity index (χ3v) is 6.18. The summed E-state index contributed by atoms with van der Waals surface area (Å²) in [6.07, 6.45) is -0.186. The average Bonchev–Trinajstić information content (AvgIpc) is 2.79. The SMILES string of the molecule is CCOc1ccc(NS(=O)(=O)c2ccc(NC(=O)[C@@H](CC)Oc3cccc(C)c3)cc2)cc1. The van der Waals surface area contributed by atoms with Gasteiger partial charge in [0, 0.05) is 11.4 Å². The molecule has 3 aromatic rings. The minimum atomic E-state index is -3.78. The first-order chi connectivity index (χ1) is 15.8. The predicted molar refractivity (Wildman–Crippen MR) is 129 cm³/mol. The van der Waals surface area contributed by atoms with Gasteiger partial charge in [0.15, 0.2) is 6.10 Å². The molecule has 1 amide bonds. The van der Waals surface area contributed by atoms with Gasteiger partial charge in [-0.2, -0.15) is 0 Å². The molecule has 0 saturated heterocycles. The van der Waals surface area contributed by atoms with Crippen LogP contribution in [0, 0.1) is 6.92 Å². The molecule has 1 atom stereocenters. The van der Waals surface area contributed by atoms with Crippen molar-refractivity contribution >= 4 is 27.3 Å². The molecule has 0 bridgehead atoms. The Hall–Kier alpha value is -3.52. The summed E-state index contributed by atoms with van der Waals surface area (Å²) in [5, 5.41) is 2.78. The first kappa shape index (κ1) is 24.1. The van der Waals surface area contributed by atoms with E-state index >= 15 is 0 Å². The molecule has 0 aliphatic rings. The molecule has 7 nitrogen and oxygen atoms in total. The summed E-state index contributed by atoms with van der Waals surface area (Å²) >= 11 is 0. The monoisotopic (exact) mass is 468 g/mol. The van der Waals surface area contributed by atoms with Crippen molar-refractivity contribution in [3.63, 3.8) is 0 Å². The van der Waals surface area contributed by atoms with E-state index < -0.39 is 16.1 Å². The van der Waals surface area contributed by atoms with E-state index in [1.54, 1.807) is 42.5 Å². The Bertz CT molecular complexity index is 1180. The lowest BCUT2D eigenvalue weighted by molar-refractivity contribution is -0.122. The minimum absolute atomic E-state index is 0.0810. The van der Waals surface area contributed by atoms with E-state index in [1.165, 1.54) is 12.1 Å². The van der Waals surface area contributed by atoms with Crippen LogP contribution in [-0.2, 0) is 14.8 Å². The van der Waals surface area contributed by atoms with Crippen molar-refractivity contribution in [1.82, 2.24) is 0 Å². The molecule has 0 aromatic heterocycles. The fourth-order valence-electron chi connectivity index (χ4n) is 3.12. The van der Waals surface area contributed by atoms with Crippen molar-refractivity contribution in [2.24, 2.45) is 0 Å². The molecular weight excluding hydrogens is 440 g/mol. The maximum Gasteiger partial charge on any atom is 0.265 e. The minimum Gasteiger partial charge on any atom is -0.494 e. The molecule has 33 heavy (non-hydrogen) atoms. The van der Waals surface area contributed by atoms with Crippen molar-refractivity contribution in [1.29, 1.82) is 0 Å². The lowest BCUT2D eigenvalue weighted by Crippen LogP contribution is -2.32. The number of aryl methyl sites for hydroxylation is 1. The summed E-state index contributed by atoms with van der Waals surface area (Å²) in [4.78, 5) is 12.7. The normalized spacial score (nSPS) is 12.0. The van der Waals surface area contributed by atoms with Gasteiger partial charge in [-0.3, -0.25) is 9.52 Å². The molecule has 0 fully saturated rings. The van der Waals surface area contributed by atoms with Gasteiger partial charge in [-0.15, -0.1) is 0 Å². The number of anilines is 2. The molecular formula is C25H28N2O5S. The quantitative estimate of drug-likeness (QED) is 0.437. The lowest BCUT2D eigenvalue weighted by atomic mass is 10.2. The Balaban J connectivity index is 1.64. The molecule has 0 spiro atoms. The van der Waals surface area contributed by atoms with Crippen molar-refractivity contribution in [3.05, 3.63) is 78.4 Å². The molecule has 0 aliphatic carbocycles. The fourth-order valence-corrected chi connectivity index (χ4v) is 4.17. The topological polar surface area (TPSA) is 93.7 Å². The van der Waals surface area contributed by atoms with Gasteiger partial charge in [-0.05, 0) is 86.5 Å². The van der Waals surface area contributed by atoms with Gasteiger partial charge in [-0.1, -0.05) is 19.1 Å². The highest BCUT2D eigenvalue weighted by Crippen LogP contribution is 2.21. The smallest absolute Gasteiger partial charge is 0.265 e. The zero-order valence-corrected chi connectivity index (χ0v) is 19.7. The Morgan fingerprint density at radius 2 is 1.58 bits per heavy atom. The Kier molecular flexibility index (Phi) is 7.95. The molecule has 3 rings (SSSR count). The second-order valence-corrected chi connectivity index (χ2v) is 9.09. The van der Waals surface area contributed by atoms with Crippen molar-refractivity contribution in [3.8, 4) is 11.5 Å². The molecule has 0 aliphatic heterocycles. The van der Waals surface area contributed by atoms with Gasteiger partial charge in [0.1, 0.15) is 11.5 Å². The van der Waals surface area contributed by atoms with Gasteiger partial charge in [0.25, 0.3) is 15.9 Å². The molecule has 3 aromatic carbocycles. The number of carbonyl (C=O) groups is 1.